The predicted molar refractivity (Wildman–Crippen MR) is 140 cm³/mol. The van der Waals surface area contributed by atoms with Gasteiger partial charge in [-0.25, -0.2) is 8.42 Å². The smallest absolute Gasteiger partial charge is 0.395 e. The largest absolute Gasteiger partial charge is 0.586 e. The van der Waals surface area contributed by atoms with Gasteiger partial charge in [-0.2, -0.15) is 4.31 Å². The zero-order valence-corrected chi connectivity index (χ0v) is 21.7. The standard InChI is InChI=1S/C28H26F2N2O6S.2H2/c29-28(30)37-24-11-8-19(15-25(24)38-28)27(12-13-27)26(34)16-20-3-1-5-23(31-20)18-6-9-22(10-7-18)39(35,36)32-14-2-4-21(32)17-33;;/h1,3,5-11,15,21,33H,2,4,12-14,16-17H2;2*1H/t21-;;/m1../s1. The van der Waals surface area contributed by atoms with E-state index in [-0.39, 0.29) is 38.1 Å². The highest BCUT2D eigenvalue weighted by atomic mass is 32.2. The first-order chi connectivity index (χ1) is 18.6. The second kappa shape index (κ2) is 9.35. The Labute approximate surface area is 227 Å². The number of nitrogens with zero attached hydrogens (tertiary/aromatic N) is 2. The molecule has 0 radical (unpaired) electrons. The van der Waals surface area contributed by atoms with E-state index in [4.69, 9.17) is 0 Å². The van der Waals surface area contributed by atoms with Crippen LogP contribution in [-0.2, 0) is 26.7 Å². The van der Waals surface area contributed by atoms with E-state index in [1.54, 1.807) is 36.4 Å². The average Bonchev–Trinajstić information content (AvgIpc) is 3.47. The van der Waals surface area contributed by atoms with Crippen LogP contribution >= 0.6 is 0 Å². The Balaban J connectivity index is 0.00000194. The zero-order valence-electron chi connectivity index (χ0n) is 20.8. The van der Waals surface area contributed by atoms with E-state index in [0.717, 1.165) is 0 Å². The SMILES string of the molecule is O=C(Cc1cccc(-c2ccc(S(=O)(=O)N3CCC[C@@H]3CO)cc2)n1)C1(c2ccc3c(c2)OC(F)(F)O3)CC1.[HH].[HH]. The number of hydrogen-bond acceptors (Lipinski definition) is 7. The van der Waals surface area contributed by atoms with Crippen molar-refractivity contribution in [3.05, 3.63) is 71.9 Å². The van der Waals surface area contributed by atoms with Gasteiger partial charge >= 0.3 is 6.29 Å². The van der Waals surface area contributed by atoms with Gasteiger partial charge in [-0.1, -0.05) is 24.3 Å². The minimum absolute atomic E-state index is 0. The number of halogens is 2. The van der Waals surface area contributed by atoms with Crippen molar-refractivity contribution in [3.8, 4) is 22.8 Å². The molecule has 39 heavy (non-hydrogen) atoms. The molecule has 6 rings (SSSR count). The highest BCUT2D eigenvalue weighted by Gasteiger charge is 2.52. The molecular weight excluding hydrogens is 530 g/mol. The number of alkyl halides is 2. The molecule has 8 nitrogen and oxygen atoms in total. The van der Waals surface area contributed by atoms with Gasteiger partial charge in [-0.3, -0.25) is 9.78 Å². The monoisotopic (exact) mass is 560 g/mol. The van der Waals surface area contributed by atoms with Crippen LogP contribution in [0.1, 0.15) is 39.8 Å². The Morgan fingerprint density at radius 2 is 1.82 bits per heavy atom. The number of rotatable bonds is 8. The number of carbonyl (C=O) groups excluding carboxylic acids is 1. The maximum absolute atomic E-state index is 13.4. The highest BCUT2D eigenvalue weighted by Crippen LogP contribution is 2.52. The molecule has 3 aromatic rings. The molecule has 3 heterocycles. The van der Waals surface area contributed by atoms with E-state index in [9.17, 15) is 27.1 Å². The molecule has 11 heteroatoms. The summed E-state index contributed by atoms with van der Waals surface area (Å²) in [6.45, 7) is 0.172. The van der Waals surface area contributed by atoms with E-state index in [0.29, 0.717) is 54.7 Å². The topological polar surface area (TPSA) is 106 Å². The molecule has 1 atom stereocenters. The molecule has 1 aliphatic carbocycles. The third-order valence-corrected chi connectivity index (χ3v) is 9.64. The van der Waals surface area contributed by atoms with Crippen LogP contribution in [0.4, 0.5) is 8.78 Å². The van der Waals surface area contributed by atoms with E-state index in [1.807, 2.05) is 0 Å². The fourth-order valence-corrected chi connectivity index (χ4v) is 7.10. The second-order valence-corrected chi connectivity index (χ2v) is 12.0. The van der Waals surface area contributed by atoms with Crippen LogP contribution in [0.5, 0.6) is 11.5 Å². The number of fused-ring (bicyclic) bond motifs is 1. The summed E-state index contributed by atoms with van der Waals surface area (Å²) in [5, 5.41) is 9.53. The van der Waals surface area contributed by atoms with Crippen LogP contribution in [0.15, 0.2) is 65.6 Å². The van der Waals surface area contributed by atoms with Crippen molar-refractivity contribution in [2.75, 3.05) is 13.2 Å². The van der Waals surface area contributed by atoms with Crippen LogP contribution < -0.4 is 9.47 Å². The summed E-state index contributed by atoms with van der Waals surface area (Å²) < 4.78 is 63.3. The van der Waals surface area contributed by atoms with Gasteiger partial charge in [0.1, 0.15) is 5.78 Å². The molecule has 1 aromatic heterocycles. The van der Waals surface area contributed by atoms with E-state index in [2.05, 4.69) is 14.5 Å². The molecule has 1 saturated heterocycles. The third-order valence-electron chi connectivity index (χ3n) is 7.68. The van der Waals surface area contributed by atoms with Gasteiger partial charge in [0.15, 0.2) is 11.5 Å². The molecule has 0 unspecified atom stereocenters. The Kier molecular flexibility index (Phi) is 6.20. The lowest BCUT2D eigenvalue weighted by Gasteiger charge is -2.22. The van der Waals surface area contributed by atoms with Crippen molar-refractivity contribution < 1.29 is 39.4 Å². The molecule has 0 bridgehead atoms. The first kappa shape index (κ1) is 25.8. The summed E-state index contributed by atoms with van der Waals surface area (Å²) in [4.78, 5) is 18.1. The van der Waals surface area contributed by atoms with Gasteiger partial charge in [-0.15, -0.1) is 8.78 Å². The zero-order chi connectivity index (χ0) is 27.4. The van der Waals surface area contributed by atoms with Crippen LogP contribution in [-0.4, -0.2) is 54.1 Å². The maximum Gasteiger partial charge on any atom is 0.586 e. The average molecular weight is 561 g/mol. The van der Waals surface area contributed by atoms with Gasteiger partial charge in [0, 0.05) is 33.1 Å². The van der Waals surface area contributed by atoms with Crippen LogP contribution in [0, 0.1) is 0 Å². The van der Waals surface area contributed by atoms with Crippen molar-refractivity contribution >= 4 is 15.8 Å². The number of benzene rings is 2. The van der Waals surface area contributed by atoms with Crippen molar-refractivity contribution in [2.24, 2.45) is 0 Å². The highest BCUT2D eigenvalue weighted by molar-refractivity contribution is 7.89. The summed E-state index contributed by atoms with van der Waals surface area (Å²) >= 11 is 0. The maximum atomic E-state index is 13.4. The number of aliphatic hydroxyl groups is 1. The Bertz CT molecular complexity index is 1550. The first-order valence-electron chi connectivity index (χ1n) is 12.7. The molecule has 208 valence electrons. The van der Waals surface area contributed by atoms with E-state index in [1.165, 1.54) is 28.6 Å². The summed E-state index contributed by atoms with van der Waals surface area (Å²) in [6, 6.07) is 15.8. The first-order valence-corrected chi connectivity index (χ1v) is 14.2. The molecule has 0 amide bonds. The number of carbonyl (C=O) groups is 1. The molecule has 1 saturated carbocycles. The second-order valence-electron chi connectivity index (χ2n) is 10.1. The number of ketones is 1. The predicted octanol–water partition coefficient (Wildman–Crippen LogP) is 4.55. The van der Waals surface area contributed by atoms with Gasteiger partial charge in [0.05, 0.1) is 22.6 Å². The molecule has 0 spiro atoms. The fourth-order valence-electron chi connectivity index (χ4n) is 5.41. The molecule has 2 aromatic carbocycles. The van der Waals surface area contributed by atoms with E-state index < -0.39 is 27.8 Å². The fraction of sp³-hybridized carbons (Fsp3) is 0.357. The quantitative estimate of drug-likeness (QED) is 0.431. The lowest BCUT2D eigenvalue weighted by atomic mass is 9.88. The number of pyridine rings is 1. The van der Waals surface area contributed by atoms with Crippen molar-refractivity contribution in [1.82, 2.24) is 9.29 Å². The number of Topliss-reactive ketones (excluding diaryl/α,β-unsaturated/α-hetero) is 1. The lowest BCUT2D eigenvalue weighted by Crippen LogP contribution is -2.37. The Hall–Kier alpha value is -3.41. The third kappa shape index (κ3) is 4.68. The summed E-state index contributed by atoms with van der Waals surface area (Å²) in [6.07, 6.45) is -1.11. The van der Waals surface area contributed by atoms with Crippen LogP contribution in [0.3, 0.4) is 0 Å². The number of ether oxygens (including phenoxy) is 2. The van der Waals surface area contributed by atoms with Gasteiger partial charge in [-0.05, 0) is 67.6 Å². The summed E-state index contributed by atoms with van der Waals surface area (Å²) in [7, 11) is -3.72. The molecule has 2 fully saturated rings. The van der Waals surface area contributed by atoms with Crippen molar-refractivity contribution in [2.45, 2.75) is 54.8 Å². The number of aromatic nitrogens is 1. The minimum Gasteiger partial charge on any atom is -0.395 e. The summed E-state index contributed by atoms with van der Waals surface area (Å²) in [5.41, 5.74) is 1.68. The number of sulfonamides is 1. The van der Waals surface area contributed by atoms with Gasteiger partial charge in [0.2, 0.25) is 10.0 Å². The van der Waals surface area contributed by atoms with E-state index >= 15 is 0 Å². The van der Waals surface area contributed by atoms with Gasteiger partial charge < -0.3 is 14.6 Å². The van der Waals surface area contributed by atoms with Gasteiger partial charge in [0.25, 0.3) is 0 Å². The number of hydrogen-bond donors (Lipinski definition) is 1. The van der Waals surface area contributed by atoms with Crippen LogP contribution in [0.25, 0.3) is 11.3 Å². The number of aliphatic hydroxyl groups excluding tert-OH is 1. The minimum atomic E-state index is -3.72. The normalized spacial score (nSPS) is 21.2. The Morgan fingerprint density at radius 3 is 2.54 bits per heavy atom. The molecule has 3 aliphatic rings. The molecular formula is C28H30F2N2O6S. The Morgan fingerprint density at radius 1 is 1.08 bits per heavy atom. The molecule has 2 aliphatic heterocycles. The summed E-state index contributed by atoms with van der Waals surface area (Å²) in [5.74, 6) is -0.212. The van der Waals surface area contributed by atoms with Crippen molar-refractivity contribution in [1.29, 1.82) is 0 Å². The van der Waals surface area contributed by atoms with Crippen molar-refractivity contribution in [3.63, 3.8) is 0 Å². The lowest BCUT2D eigenvalue weighted by molar-refractivity contribution is -0.286. The molecule has 1 N–H and O–H groups in total. The van der Waals surface area contributed by atoms with Crippen LogP contribution in [0.2, 0.25) is 0 Å².